The molecule has 16 heavy (non-hydrogen) atoms. The van der Waals surface area contributed by atoms with Gasteiger partial charge in [0, 0.05) is 11.8 Å². The van der Waals surface area contributed by atoms with Crippen LogP contribution in [0.25, 0.3) is 0 Å². The molecule has 0 unspecified atom stereocenters. The summed E-state index contributed by atoms with van der Waals surface area (Å²) in [6, 6.07) is 0. The summed E-state index contributed by atoms with van der Waals surface area (Å²) in [5, 5.41) is 0. The van der Waals surface area contributed by atoms with E-state index in [9.17, 15) is 9.59 Å². The first kappa shape index (κ1) is 11.6. The van der Waals surface area contributed by atoms with Crippen molar-refractivity contribution in [2.45, 2.75) is 40.0 Å². The van der Waals surface area contributed by atoms with Gasteiger partial charge in [0.25, 0.3) is 0 Å². The summed E-state index contributed by atoms with van der Waals surface area (Å²) in [5.41, 5.74) is 0.169. The SMILES string of the molecule is CCOC(=O)C[C@H]1C[C@H]2C[C@@H](C1=O)C2(C)C. The second-order valence-corrected chi connectivity index (χ2v) is 5.65. The number of fused-ring (bicyclic) bond motifs is 2. The zero-order valence-corrected chi connectivity index (χ0v) is 10.3. The van der Waals surface area contributed by atoms with Crippen molar-refractivity contribution >= 4 is 11.8 Å². The van der Waals surface area contributed by atoms with Gasteiger partial charge in [0.2, 0.25) is 0 Å². The Morgan fingerprint density at radius 2 is 2.12 bits per heavy atom. The predicted octanol–water partition coefficient (Wildman–Crippen LogP) is 2.19. The van der Waals surface area contributed by atoms with E-state index in [-0.39, 0.29) is 29.6 Å². The molecule has 3 aliphatic rings. The summed E-state index contributed by atoms with van der Waals surface area (Å²) >= 11 is 0. The highest BCUT2D eigenvalue weighted by Crippen LogP contribution is 2.59. The lowest BCUT2D eigenvalue weighted by Crippen LogP contribution is -2.56. The van der Waals surface area contributed by atoms with Crippen LogP contribution in [0.15, 0.2) is 0 Å². The van der Waals surface area contributed by atoms with Gasteiger partial charge in [-0.1, -0.05) is 13.8 Å². The van der Waals surface area contributed by atoms with E-state index in [2.05, 4.69) is 13.8 Å². The summed E-state index contributed by atoms with van der Waals surface area (Å²) in [6.45, 7) is 6.54. The van der Waals surface area contributed by atoms with Crippen LogP contribution in [-0.2, 0) is 14.3 Å². The van der Waals surface area contributed by atoms with Gasteiger partial charge >= 0.3 is 5.97 Å². The lowest BCUT2D eigenvalue weighted by molar-refractivity contribution is -0.162. The van der Waals surface area contributed by atoms with Crippen LogP contribution in [0.1, 0.15) is 40.0 Å². The van der Waals surface area contributed by atoms with Gasteiger partial charge < -0.3 is 4.74 Å². The topological polar surface area (TPSA) is 43.4 Å². The molecule has 0 heterocycles. The maximum Gasteiger partial charge on any atom is 0.306 e. The molecule has 3 saturated carbocycles. The Balaban J connectivity index is 1.96. The molecule has 3 fully saturated rings. The van der Waals surface area contributed by atoms with Crippen molar-refractivity contribution in [2.24, 2.45) is 23.2 Å². The average molecular weight is 224 g/mol. The highest BCUT2D eigenvalue weighted by Gasteiger charge is 2.57. The molecule has 90 valence electrons. The van der Waals surface area contributed by atoms with Crippen LogP contribution in [0, 0.1) is 23.2 Å². The van der Waals surface area contributed by atoms with E-state index in [4.69, 9.17) is 4.74 Å². The Labute approximate surface area is 96.5 Å². The number of hydrogen-bond acceptors (Lipinski definition) is 3. The van der Waals surface area contributed by atoms with E-state index in [1.54, 1.807) is 6.92 Å². The van der Waals surface area contributed by atoms with Crippen molar-refractivity contribution in [3.63, 3.8) is 0 Å². The second-order valence-electron chi connectivity index (χ2n) is 5.65. The number of ether oxygens (including phenoxy) is 1. The first-order valence-corrected chi connectivity index (χ1v) is 6.16. The van der Waals surface area contributed by atoms with Gasteiger partial charge in [0.15, 0.2) is 0 Å². The molecule has 3 rings (SSSR count). The molecule has 0 spiro atoms. The number of rotatable bonds is 3. The van der Waals surface area contributed by atoms with Crippen LogP contribution in [0.3, 0.4) is 0 Å². The van der Waals surface area contributed by atoms with Gasteiger partial charge in [-0.15, -0.1) is 0 Å². The molecule has 3 heteroatoms. The molecule has 0 saturated heterocycles. The minimum absolute atomic E-state index is 0.0733. The molecule has 0 radical (unpaired) electrons. The first-order valence-electron chi connectivity index (χ1n) is 6.16. The van der Waals surface area contributed by atoms with Crippen LogP contribution in [-0.4, -0.2) is 18.4 Å². The summed E-state index contributed by atoms with van der Waals surface area (Å²) in [5.74, 6) is 0.802. The van der Waals surface area contributed by atoms with E-state index < -0.39 is 0 Å². The lowest BCUT2D eigenvalue weighted by atomic mass is 9.46. The van der Waals surface area contributed by atoms with E-state index in [1.807, 2.05) is 0 Å². The number of esters is 1. The molecule has 0 aromatic heterocycles. The Morgan fingerprint density at radius 3 is 2.62 bits per heavy atom. The van der Waals surface area contributed by atoms with Gasteiger partial charge in [-0.05, 0) is 31.1 Å². The van der Waals surface area contributed by atoms with E-state index in [1.165, 1.54) is 0 Å². The average Bonchev–Trinajstić information content (AvgIpc) is 2.20. The highest BCUT2D eigenvalue weighted by atomic mass is 16.5. The van der Waals surface area contributed by atoms with Gasteiger partial charge in [-0.2, -0.15) is 0 Å². The summed E-state index contributed by atoms with van der Waals surface area (Å²) in [7, 11) is 0. The first-order chi connectivity index (χ1) is 7.46. The number of Topliss-reactive ketones (excluding diaryl/α,β-unsaturated/α-hetero) is 1. The number of carbonyl (C=O) groups excluding carboxylic acids is 2. The molecule has 3 nitrogen and oxygen atoms in total. The van der Waals surface area contributed by atoms with Crippen molar-refractivity contribution in [1.29, 1.82) is 0 Å². The second kappa shape index (κ2) is 3.86. The molecular formula is C13H20O3. The van der Waals surface area contributed by atoms with Crippen molar-refractivity contribution in [1.82, 2.24) is 0 Å². The molecule has 0 aromatic carbocycles. The number of carbonyl (C=O) groups is 2. The predicted molar refractivity (Wildman–Crippen MR) is 59.7 cm³/mol. The molecule has 3 atom stereocenters. The molecular weight excluding hydrogens is 204 g/mol. The van der Waals surface area contributed by atoms with Crippen LogP contribution < -0.4 is 0 Å². The largest absolute Gasteiger partial charge is 0.466 e. The summed E-state index contributed by atoms with van der Waals surface area (Å²) in [4.78, 5) is 23.5. The molecule has 0 amide bonds. The fraction of sp³-hybridized carbons (Fsp3) is 0.846. The molecule has 0 aromatic rings. The third-order valence-corrected chi connectivity index (χ3v) is 4.50. The zero-order chi connectivity index (χ0) is 11.9. The van der Waals surface area contributed by atoms with Gasteiger partial charge in [-0.3, -0.25) is 9.59 Å². The fourth-order valence-electron chi connectivity index (χ4n) is 3.25. The maximum atomic E-state index is 12.1. The van der Waals surface area contributed by atoms with Gasteiger partial charge in [0.1, 0.15) is 5.78 Å². The zero-order valence-electron chi connectivity index (χ0n) is 10.3. The smallest absolute Gasteiger partial charge is 0.306 e. The monoisotopic (exact) mass is 224 g/mol. The Kier molecular flexibility index (Phi) is 2.81. The van der Waals surface area contributed by atoms with E-state index in [0.717, 1.165) is 12.8 Å². The molecule has 3 aliphatic carbocycles. The standard InChI is InChI=1S/C13H20O3/c1-4-16-11(14)6-8-5-9-7-10(12(8)15)13(9,2)3/h8-10H,4-7H2,1-3H3/t8-,9+,10+/m1/s1. The normalized spacial score (nSPS) is 35.4. The fourth-order valence-corrected chi connectivity index (χ4v) is 3.25. The van der Waals surface area contributed by atoms with Crippen LogP contribution in [0.2, 0.25) is 0 Å². The lowest BCUT2D eigenvalue weighted by Gasteiger charge is -2.57. The molecule has 0 N–H and O–H groups in total. The van der Waals surface area contributed by atoms with Crippen LogP contribution in [0.4, 0.5) is 0 Å². The van der Waals surface area contributed by atoms with Gasteiger partial charge in [0.05, 0.1) is 13.0 Å². The minimum Gasteiger partial charge on any atom is -0.466 e. The summed E-state index contributed by atoms with van der Waals surface area (Å²) < 4.78 is 4.90. The Morgan fingerprint density at radius 1 is 1.44 bits per heavy atom. The Hall–Kier alpha value is -0.860. The van der Waals surface area contributed by atoms with E-state index >= 15 is 0 Å². The summed E-state index contributed by atoms with van der Waals surface area (Å²) in [6.07, 6.45) is 2.20. The van der Waals surface area contributed by atoms with Crippen molar-refractivity contribution in [3.05, 3.63) is 0 Å². The number of ketones is 1. The molecule has 0 aliphatic heterocycles. The number of hydrogen-bond donors (Lipinski definition) is 0. The quantitative estimate of drug-likeness (QED) is 0.690. The minimum atomic E-state index is -0.222. The highest BCUT2D eigenvalue weighted by molar-refractivity contribution is 5.89. The Bertz CT molecular complexity index is 319. The van der Waals surface area contributed by atoms with Crippen LogP contribution in [0.5, 0.6) is 0 Å². The maximum absolute atomic E-state index is 12.1. The van der Waals surface area contributed by atoms with E-state index in [0.29, 0.717) is 18.3 Å². The van der Waals surface area contributed by atoms with Gasteiger partial charge in [-0.25, -0.2) is 0 Å². The van der Waals surface area contributed by atoms with Crippen LogP contribution >= 0.6 is 0 Å². The van der Waals surface area contributed by atoms with Crippen molar-refractivity contribution in [3.8, 4) is 0 Å². The third kappa shape index (κ3) is 1.66. The molecule has 2 bridgehead atoms. The van der Waals surface area contributed by atoms with Crippen molar-refractivity contribution < 1.29 is 14.3 Å². The van der Waals surface area contributed by atoms with Crippen molar-refractivity contribution in [2.75, 3.05) is 6.61 Å². The third-order valence-electron chi connectivity index (χ3n) is 4.50.